The van der Waals surface area contributed by atoms with Crippen LogP contribution >= 0.6 is 0 Å². The molecule has 0 saturated carbocycles. The molecular formula is C24H27F3N4. The minimum absolute atomic E-state index is 0.0872. The van der Waals surface area contributed by atoms with Crippen LogP contribution < -0.4 is 10.6 Å². The maximum Gasteiger partial charge on any atom is 0.421 e. The molecule has 0 unspecified atom stereocenters. The van der Waals surface area contributed by atoms with Gasteiger partial charge in [-0.05, 0) is 53.6 Å². The van der Waals surface area contributed by atoms with Crippen LogP contribution in [0.3, 0.4) is 0 Å². The van der Waals surface area contributed by atoms with Gasteiger partial charge in [-0.15, -0.1) is 0 Å². The van der Waals surface area contributed by atoms with E-state index in [0.717, 1.165) is 18.2 Å². The Morgan fingerprint density at radius 2 is 1.42 bits per heavy atom. The zero-order chi connectivity index (χ0) is 22.6. The first-order valence-electron chi connectivity index (χ1n) is 10.3. The number of anilines is 4. The minimum atomic E-state index is -4.57. The Balaban J connectivity index is 1.85. The zero-order valence-corrected chi connectivity index (χ0v) is 18.1. The molecule has 0 aliphatic rings. The molecule has 2 N–H and O–H groups in total. The monoisotopic (exact) mass is 428 g/mol. The van der Waals surface area contributed by atoms with Gasteiger partial charge in [-0.1, -0.05) is 52.0 Å². The molecule has 3 aromatic rings. The van der Waals surface area contributed by atoms with E-state index < -0.39 is 11.7 Å². The molecule has 0 aliphatic carbocycles. The summed E-state index contributed by atoms with van der Waals surface area (Å²) in [5, 5.41) is 5.77. The van der Waals surface area contributed by atoms with Gasteiger partial charge >= 0.3 is 6.18 Å². The molecule has 0 saturated heterocycles. The van der Waals surface area contributed by atoms with Gasteiger partial charge in [0.25, 0.3) is 0 Å². The first kappa shape index (κ1) is 22.6. The summed E-state index contributed by atoms with van der Waals surface area (Å²) in [7, 11) is 0. The van der Waals surface area contributed by atoms with E-state index in [-0.39, 0.29) is 11.8 Å². The highest BCUT2D eigenvalue weighted by Crippen LogP contribution is 2.35. The summed E-state index contributed by atoms with van der Waals surface area (Å²) < 4.78 is 40.5. The standard InChI is InChI=1S/C24H27F3N4/c1-15(2)13-17-5-9-19(10-6-17)29-22-21(24(25,26)27)14-28-23(31-22)30-20-11-7-18(8-12-20)16(3)4/h5-12,14-16H,13H2,1-4H3,(H2,28,29,30,31). The fourth-order valence-electron chi connectivity index (χ4n) is 3.16. The Kier molecular flexibility index (Phi) is 6.83. The number of benzene rings is 2. The summed E-state index contributed by atoms with van der Waals surface area (Å²) in [4.78, 5) is 7.97. The maximum atomic E-state index is 13.5. The first-order valence-corrected chi connectivity index (χ1v) is 10.3. The largest absolute Gasteiger partial charge is 0.421 e. The molecule has 2 aromatic carbocycles. The summed E-state index contributed by atoms with van der Waals surface area (Å²) in [6, 6.07) is 15.0. The van der Waals surface area contributed by atoms with Crippen LogP contribution in [0, 0.1) is 5.92 Å². The van der Waals surface area contributed by atoms with Gasteiger partial charge in [0, 0.05) is 17.6 Å². The average molecular weight is 429 g/mol. The van der Waals surface area contributed by atoms with Gasteiger partial charge in [0.15, 0.2) is 0 Å². The summed E-state index contributed by atoms with van der Waals surface area (Å²) in [6.45, 7) is 8.42. The molecule has 1 heterocycles. The van der Waals surface area contributed by atoms with Crippen LogP contribution in [0.15, 0.2) is 54.7 Å². The second-order valence-electron chi connectivity index (χ2n) is 8.28. The lowest BCUT2D eigenvalue weighted by Gasteiger charge is -2.15. The molecule has 7 heteroatoms. The maximum absolute atomic E-state index is 13.5. The van der Waals surface area contributed by atoms with E-state index in [1.54, 1.807) is 12.1 Å². The molecule has 0 bridgehead atoms. The summed E-state index contributed by atoms with van der Waals surface area (Å²) in [5.74, 6) is 0.685. The van der Waals surface area contributed by atoms with Crippen molar-refractivity contribution in [1.82, 2.24) is 9.97 Å². The van der Waals surface area contributed by atoms with Gasteiger partial charge in [0.05, 0.1) is 0 Å². The normalized spacial score (nSPS) is 11.8. The van der Waals surface area contributed by atoms with E-state index in [1.165, 1.54) is 5.56 Å². The Bertz CT molecular complexity index is 995. The molecule has 0 atom stereocenters. The van der Waals surface area contributed by atoms with Gasteiger partial charge < -0.3 is 10.6 Å². The Labute approximate surface area is 181 Å². The molecule has 0 fully saturated rings. The number of aromatic nitrogens is 2. The smallest absolute Gasteiger partial charge is 0.340 e. The van der Waals surface area contributed by atoms with Crippen molar-refractivity contribution < 1.29 is 13.2 Å². The predicted molar refractivity (Wildman–Crippen MR) is 119 cm³/mol. The predicted octanol–water partition coefficient (Wildman–Crippen LogP) is 7.30. The number of halogens is 3. The van der Waals surface area contributed by atoms with Crippen LogP contribution in [-0.4, -0.2) is 9.97 Å². The van der Waals surface area contributed by atoms with Crippen LogP contribution in [0.1, 0.15) is 50.3 Å². The van der Waals surface area contributed by atoms with Crippen molar-refractivity contribution >= 4 is 23.1 Å². The molecule has 31 heavy (non-hydrogen) atoms. The van der Waals surface area contributed by atoms with E-state index in [2.05, 4.69) is 48.3 Å². The number of nitrogens with one attached hydrogen (secondary N) is 2. The minimum Gasteiger partial charge on any atom is -0.340 e. The van der Waals surface area contributed by atoms with Crippen molar-refractivity contribution in [2.45, 2.75) is 46.2 Å². The van der Waals surface area contributed by atoms with Gasteiger partial charge in [-0.25, -0.2) is 4.98 Å². The van der Waals surface area contributed by atoms with Crippen LogP contribution in [0.25, 0.3) is 0 Å². The second kappa shape index (κ2) is 9.37. The molecular weight excluding hydrogens is 401 g/mol. The average Bonchev–Trinajstić information content (AvgIpc) is 2.69. The SMILES string of the molecule is CC(C)Cc1ccc(Nc2nc(Nc3ccc(C(C)C)cc3)ncc2C(F)(F)F)cc1. The Morgan fingerprint density at radius 3 is 1.97 bits per heavy atom. The van der Waals surface area contributed by atoms with Crippen molar-refractivity contribution in [3.8, 4) is 0 Å². The third-order valence-electron chi connectivity index (χ3n) is 4.79. The third-order valence-corrected chi connectivity index (χ3v) is 4.79. The molecule has 1 aromatic heterocycles. The van der Waals surface area contributed by atoms with E-state index in [1.807, 2.05) is 36.4 Å². The lowest BCUT2D eigenvalue weighted by Crippen LogP contribution is -2.12. The van der Waals surface area contributed by atoms with Crippen molar-refractivity contribution in [2.24, 2.45) is 5.92 Å². The van der Waals surface area contributed by atoms with Gasteiger partial charge in [-0.3, -0.25) is 0 Å². The molecule has 3 rings (SSSR count). The molecule has 0 spiro atoms. The van der Waals surface area contributed by atoms with Crippen molar-refractivity contribution in [1.29, 1.82) is 0 Å². The van der Waals surface area contributed by atoms with Gasteiger partial charge in [0.1, 0.15) is 11.4 Å². The van der Waals surface area contributed by atoms with Gasteiger partial charge in [0.2, 0.25) is 5.95 Å². The summed E-state index contributed by atoms with van der Waals surface area (Å²) in [6.07, 6.45) is -2.87. The van der Waals surface area contributed by atoms with Crippen LogP contribution in [0.4, 0.5) is 36.3 Å². The molecule has 0 amide bonds. The molecule has 4 nitrogen and oxygen atoms in total. The highest BCUT2D eigenvalue weighted by Gasteiger charge is 2.35. The lowest BCUT2D eigenvalue weighted by atomic mass is 10.0. The van der Waals surface area contributed by atoms with Crippen molar-refractivity contribution in [2.75, 3.05) is 10.6 Å². The van der Waals surface area contributed by atoms with E-state index >= 15 is 0 Å². The van der Waals surface area contributed by atoms with Crippen molar-refractivity contribution in [3.63, 3.8) is 0 Å². The topological polar surface area (TPSA) is 49.8 Å². The number of rotatable bonds is 7. The second-order valence-corrected chi connectivity index (χ2v) is 8.28. The summed E-state index contributed by atoms with van der Waals surface area (Å²) in [5.41, 5.74) is 2.62. The number of hydrogen-bond acceptors (Lipinski definition) is 4. The van der Waals surface area contributed by atoms with E-state index in [0.29, 0.717) is 23.2 Å². The highest BCUT2D eigenvalue weighted by molar-refractivity contribution is 5.63. The van der Waals surface area contributed by atoms with Gasteiger partial charge in [-0.2, -0.15) is 18.2 Å². The summed E-state index contributed by atoms with van der Waals surface area (Å²) >= 11 is 0. The fourth-order valence-corrected chi connectivity index (χ4v) is 3.16. The highest BCUT2D eigenvalue weighted by atomic mass is 19.4. The lowest BCUT2D eigenvalue weighted by molar-refractivity contribution is -0.137. The Hall–Kier alpha value is -3.09. The first-order chi connectivity index (χ1) is 14.6. The third kappa shape index (κ3) is 6.20. The quantitative estimate of drug-likeness (QED) is 0.414. The van der Waals surface area contributed by atoms with Crippen LogP contribution in [0.2, 0.25) is 0 Å². The molecule has 164 valence electrons. The Morgan fingerprint density at radius 1 is 0.839 bits per heavy atom. The van der Waals surface area contributed by atoms with Crippen LogP contribution in [-0.2, 0) is 12.6 Å². The van der Waals surface area contributed by atoms with E-state index in [9.17, 15) is 13.2 Å². The number of alkyl halides is 3. The number of nitrogens with zero attached hydrogens (tertiary/aromatic N) is 2. The zero-order valence-electron chi connectivity index (χ0n) is 18.1. The fraction of sp³-hybridized carbons (Fsp3) is 0.333. The molecule has 0 radical (unpaired) electrons. The van der Waals surface area contributed by atoms with E-state index in [4.69, 9.17) is 0 Å². The van der Waals surface area contributed by atoms with Crippen molar-refractivity contribution in [3.05, 3.63) is 71.4 Å². The number of hydrogen-bond donors (Lipinski definition) is 2. The van der Waals surface area contributed by atoms with Crippen LogP contribution in [0.5, 0.6) is 0 Å². The molecule has 0 aliphatic heterocycles.